The number of aryl methyl sites for hydroxylation is 1. The fourth-order valence-electron chi connectivity index (χ4n) is 4.56. The molecule has 4 aromatic rings. The zero-order valence-corrected chi connectivity index (χ0v) is 17.8. The Bertz CT molecular complexity index is 1250. The maximum absolute atomic E-state index is 13.0. The first-order chi connectivity index (χ1) is 15.5. The number of amides is 1. The Labute approximate surface area is 184 Å². The lowest BCUT2D eigenvalue weighted by molar-refractivity contribution is -0.0238. The van der Waals surface area contributed by atoms with Crippen LogP contribution in [0.4, 0.5) is 0 Å². The molecule has 32 heavy (non-hydrogen) atoms. The highest BCUT2D eigenvalue weighted by Gasteiger charge is 2.35. The first-order valence-corrected chi connectivity index (χ1v) is 10.8. The van der Waals surface area contributed by atoms with Gasteiger partial charge in [-0.15, -0.1) is 0 Å². The average Bonchev–Trinajstić information content (AvgIpc) is 3.42. The number of hydrogen-bond donors (Lipinski definition) is 3. The number of aromatic amines is 1. The number of aromatic nitrogens is 6. The average molecular weight is 432 g/mol. The molecule has 5 rings (SSSR count). The van der Waals surface area contributed by atoms with Gasteiger partial charge in [-0.25, -0.2) is 4.98 Å². The van der Waals surface area contributed by atoms with Gasteiger partial charge in [0.05, 0.1) is 17.7 Å². The first kappa shape index (κ1) is 20.3. The van der Waals surface area contributed by atoms with E-state index in [1.54, 1.807) is 23.3 Å². The van der Waals surface area contributed by atoms with Crippen molar-refractivity contribution in [1.29, 1.82) is 0 Å². The lowest BCUT2D eigenvalue weighted by atomic mass is 9.81. The SMILES string of the molecule is Cc1cc(-c2n[nH]c3ccc(C(=O)N[C@H]4CCC[C@@](O)(Cn5cncn5)C4)cc23)ccn1. The maximum atomic E-state index is 13.0. The molecule has 0 aliphatic heterocycles. The molecule has 0 radical (unpaired) electrons. The Balaban J connectivity index is 1.34. The Hall–Kier alpha value is -3.59. The number of nitrogens with zero attached hydrogens (tertiary/aromatic N) is 5. The summed E-state index contributed by atoms with van der Waals surface area (Å²) in [5, 5.41) is 26.6. The van der Waals surface area contributed by atoms with Crippen LogP contribution >= 0.6 is 0 Å². The van der Waals surface area contributed by atoms with Gasteiger partial charge in [0, 0.05) is 34.4 Å². The molecule has 1 aliphatic rings. The topological polar surface area (TPSA) is 122 Å². The van der Waals surface area contributed by atoms with E-state index < -0.39 is 5.60 Å². The van der Waals surface area contributed by atoms with E-state index in [2.05, 4.69) is 30.6 Å². The van der Waals surface area contributed by atoms with Crippen LogP contribution in [0, 0.1) is 6.92 Å². The molecule has 9 heteroatoms. The summed E-state index contributed by atoms with van der Waals surface area (Å²) in [6, 6.07) is 9.31. The van der Waals surface area contributed by atoms with Gasteiger partial charge in [-0.2, -0.15) is 10.2 Å². The van der Waals surface area contributed by atoms with Crippen molar-refractivity contribution < 1.29 is 9.90 Å². The van der Waals surface area contributed by atoms with E-state index in [4.69, 9.17) is 0 Å². The Morgan fingerprint density at radius 2 is 2.25 bits per heavy atom. The first-order valence-electron chi connectivity index (χ1n) is 10.8. The molecular weight excluding hydrogens is 406 g/mol. The Morgan fingerprint density at radius 1 is 1.34 bits per heavy atom. The van der Waals surface area contributed by atoms with Crippen molar-refractivity contribution in [2.75, 3.05) is 0 Å². The molecule has 9 nitrogen and oxygen atoms in total. The van der Waals surface area contributed by atoms with Crippen LogP contribution in [0.15, 0.2) is 49.2 Å². The minimum Gasteiger partial charge on any atom is -0.388 e. The van der Waals surface area contributed by atoms with E-state index in [1.165, 1.54) is 6.33 Å². The summed E-state index contributed by atoms with van der Waals surface area (Å²) in [5.41, 5.74) is 3.17. The molecule has 3 N–H and O–H groups in total. The van der Waals surface area contributed by atoms with Gasteiger partial charge in [-0.1, -0.05) is 0 Å². The fourth-order valence-corrected chi connectivity index (χ4v) is 4.56. The standard InChI is InChI=1S/C23H25N7O2/c1-15-9-16(6-8-25-15)21-19-10-17(4-5-20(19)28-29-21)22(31)27-18-3-2-7-23(32,11-18)12-30-14-24-13-26-30/h4-6,8-10,13-14,18,32H,2-3,7,11-12H2,1H3,(H,27,31)(H,28,29)/t18-,23-/m0/s1. The predicted octanol–water partition coefficient (Wildman–Crippen LogP) is 2.63. The second-order valence-corrected chi connectivity index (χ2v) is 8.60. The minimum atomic E-state index is -0.912. The molecule has 0 bridgehead atoms. The van der Waals surface area contributed by atoms with E-state index in [1.807, 2.05) is 31.2 Å². The van der Waals surface area contributed by atoms with E-state index in [9.17, 15) is 9.90 Å². The number of fused-ring (bicyclic) bond motifs is 1. The number of H-pyrrole nitrogens is 1. The predicted molar refractivity (Wildman–Crippen MR) is 119 cm³/mol. The summed E-state index contributed by atoms with van der Waals surface area (Å²) in [7, 11) is 0. The molecule has 1 aromatic carbocycles. The van der Waals surface area contributed by atoms with Gasteiger partial charge in [-0.05, 0) is 62.9 Å². The zero-order valence-electron chi connectivity index (χ0n) is 17.8. The van der Waals surface area contributed by atoms with E-state index in [0.29, 0.717) is 24.9 Å². The highest BCUT2D eigenvalue weighted by atomic mass is 16.3. The van der Waals surface area contributed by atoms with E-state index >= 15 is 0 Å². The van der Waals surface area contributed by atoms with Gasteiger partial charge in [0.15, 0.2) is 0 Å². The number of benzene rings is 1. The third kappa shape index (κ3) is 4.11. The monoisotopic (exact) mass is 431 g/mol. The molecule has 0 spiro atoms. The van der Waals surface area contributed by atoms with Crippen LogP contribution in [0.5, 0.6) is 0 Å². The summed E-state index contributed by atoms with van der Waals surface area (Å²) in [6.07, 6.45) is 7.64. The highest BCUT2D eigenvalue weighted by molar-refractivity contribution is 6.01. The normalized spacial score (nSPS) is 21.0. The molecule has 3 heterocycles. The second kappa shape index (κ2) is 8.16. The summed E-state index contributed by atoms with van der Waals surface area (Å²) >= 11 is 0. The highest BCUT2D eigenvalue weighted by Crippen LogP contribution is 2.31. The minimum absolute atomic E-state index is 0.105. The third-order valence-electron chi connectivity index (χ3n) is 6.07. The largest absolute Gasteiger partial charge is 0.388 e. The number of carbonyl (C=O) groups is 1. The van der Waals surface area contributed by atoms with Gasteiger partial charge >= 0.3 is 0 Å². The summed E-state index contributed by atoms with van der Waals surface area (Å²) in [4.78, 5) is 21.2. The molecule has 0 saturated heterocycles. The van der Waals surface area contributed by atoms with Crippen LogP contribution in [0.3, 0.4) is 0 Å². The fraction of sp³-hybridized carbons (Fsp3) is 0.348. The number of hydrogen-bond acceptors (Lipinski definition) is 6. The molecule has 3 aromatic heterocycles. The van der Waals surface area contributed by atoms with Crippen molar-refractivity contribution in [1.82, 2.24) is 35.3 Å². The van der Waals surface area contributed by atoms with Crippen molar-refractivity contribution in [2.24, 2.45) is 0 Å². The van der Waals surface area contributed by atoms with Crippen LogP contribution in [0.1, 0.15) is 41.7 Å². The van der Waals surface area contributed by atoms with Crippen LogP contribution in [-0.2, 0) is 6.54 Å². The Kier molecular flexibility index (Phi) is 5.18. The molecule has 1 amide bonds. The van der Waals surface area contributed by atoms with Crippen LogP contribution in [0.2, 0.25) is 0 Å². The van der Waals surface area contributed by atoms with Crippen molar-refractivity contribution in [3.05, 3.63) is 60.4 Å². The Morgan fingerprint density at radius 3 is 3.06 bits per heavy atom. The van der Waals surface area contributed by atoms with Crippen molar-refractivity contribution in [3.63, 3.8) is 0 Å². The summed E-state index contributed by atoms with van der Waals surface area (Å²) in [5.74, 6) is -0.153. The van der Waals surface area contributed by atoms with Crippen LogP contribution in [-0.4, -0.2) is 52.6 Å². The van der Waals surface area contributed by atoms with Gasteiger partial charge in [0.2, 0.25) is 0 Å². The van der Waals surface area contributed by atoms with Crippen LogP contribution in [0.25, 0.3) is 22.2 Å². The lowest BCUT2D eigenvalue weighted by Crippen LogP contribution is -2.47. The quantitative estimate of drug-likeness (QED) is 0.447. The van der Waals surface area contributed by atoms with E-state index in [0.717, 1.165) is 40.7 Å². The molecule has 2 atom stereocenters. The van der Waals surface area contributed by atoms with Gasteiger partial charge in [-0.3, -0.25) is 19.6 Å². The molecular formula is C23H25N7O2. The van der Waals surface area contributed by atoms with Gasteiger partial charge < -0.3 is 10.4 Å². The lowest BCUT2D eigenvalue weighted by Gasteiger charge is -2.36. The maximum Gasteiger partial charge on any atom is 0.251 e. The smallest absolute Gasteiger partial charge is 0.251 e. The summed E-state index contributed by atoms with van der Waals surface area (Å²) < 4.78 is 1.64. The number of carbonyl (C=O) groups excluding carboxylic acids is 1. The number of rotatable bonds is 5. The van der Waals surface area contributed by atoms with Gasteiger partial charge in [0.25, 0.3) is 5.91 Å². The number of pyridine rings is 1. The third-order valence-corrected chi connectivity index (χ3v) is 6.07. The summed E-state index contributed by atoms with van der Waals surface area (Å²) in [6.45, 7) is 2.31. The second-order valence-electron chi connectivity index (χ2n) is 8.60. The van der Waals surface area contributed by atoms with Crippen molar-refractivity contribution in [3.8, 4) is 11.3 Å². The van der Waals surface area contributed by atoms with E-state index in [-0.39, 0.29) is 11.9 Å². The van der Waals surface area contributed by atoms with Gasteiger partial charge in [0.1, 0.15) is 18.3 Å². The number of nitrogens with one attached hydrogen (secondary N) is 2. The molecule has 1 saturated carbocycles. The molecule has 1 aliphatic carbocycles. The molecule has 0 unspecified atom stereocenters. The van der Waals surface area contributed by atoms with Crippen LogP contribution < -0.4 is 5.32 Å². The van der Waals surface area contributed by atoms with Crippen molar-refractivity contribution >= 4 is 16.8 Å². The van der Waals surface area contributed by atoms with Crippen molar-refractivity contribution in [2.45, 2.75) is 50.8 Å². The number of aliphatic hydroxyl groups is 1. The molecule has 164 valence electrons. The molecule has 1 fully saturated rings. The zero-order chi connectivity index (χ0) is 22.1.